The van der Waals surface area contributed by atoms with Crippen molar-refractivity contribution in [2.24, 2.45) is 11.8 Å². The van der Waals surface area contributed by atoms with Crippen molar-refractivity contribution in [3.05, 3.63) is 128 Å². The summed E-state index contributed by atoms with van der Waals surface area (Å²) in [6, 6.07) is 17.5. The molecule has 12 heteroatoms. The van der Waals surface area contributed by atoms with Gasteiger partial charge in [0.05, 0.1) is 28.4 Å². The highest BCUT2D eigenvalue weighted by molar-refractivity contribution is 5.88. The number of piperidine rings is 3. The highest BCUT2D eigenvalue weighted by Crippen LogP contribution is 2.45. The second-order valence-electron chi connectivity index (χ2n) is 13.2. The fourth-order valence-electron chi connectivity index (χ4n) is 7.46. The lowest BCUT2D eigenvalue weighted by atomic mass is 9.72. The van der Waals surface area contributed by atoms with Gasteiger partial charge < -0.3 is 10.6 Å². The van der Waals surface area contributed by atoms with Crippen molar-refractivity contribution in [1.82, 2.24) is 9.88 Å². The van der Waals surface area contributed by atoms with Crippen molar-refractivity contribution in [3.63, 3.8) is 0 Å². The smallest absolute Gasteiger partial charge is 0.372 e. The number of nitrogens with zero attached hydrogens (tertiary/aromatic N) is 2. The van der Waals surface area contributed by atoms with E-state index in [9.17, 15) is 35.9 Å². The number of hydrogen-bond acceptors (Lipinski definition) is 6. The van der Waals surface area contributed by atoms with E-state index in [2.05, 4.69) is 22.1 Å². The quantitative estimate of drug-likeness (QED) is 0.0965. The summed E-state index contributed by atoms with van der Waals surface area (Å²) in [5.74, 6) is 0.579. The Balaban J connectivity index is 1.36. The summed E-state index contributed by atoms with van der Waals surface area (Å²) < 4.78 is 81.8. The molecule has 50 heavy (non-hydrogen) atoms. The molecule has 0 saturated carbocycles. The van der Waals surface area contributed by atoms with E-state index in [4.69, 9.17) is 4.98 Å². The van der Waals surface area contributed by atoms with Crippen LogP contribution in [0.5, 0.6) is 0 Å². The first-order valence-corrected chi connectivity index (χ1v) is 16.2. The van der Waals surface area contributed by atoms with Crippen LogP contribution >= 0.6 is 0 Å². The van der Waals surface area contributed by atoms with Gasteiger partial charge in [-0.25, -0.2) is 4.98 Å². The molecule has 8 rings (SSSR count). The summed E-state index contributed by atoms with van der Waals surface area (Å²) in [4.78, 5) is 33.4. The largest absolute Gasteiger partial charge is 0.416 e. The number of fused-ring (bicyclic) bond motifs is 4. The van der Waals surface area contributed by atoms with Crippen LogP contribution in [0.25, 0.3) is 22.2 Å². The minimum atomic E-state index is -5.09. The van der Waals surface area contributed by atoms with Crippen molar-refractivity contribution in [3.8, 4) is 11.3 Å². The number of anilines is 3. The van der Waals surface area contributed by atoms with Crippen molar-refractivity contribution in [2.45, 2.75) is 44.2 Å². The first-order chi connectivity index (χ1) is 23.7. The van der Waals surface area contributed by atoms with Crippen molar-refractivity contribution >= 4 is 28.0 Å². The summed E-state index contributed by atoms with van der Waals surface area (Å²) >= 11 is 0. The van der Waals surface area contributed by atoms with Gasteiger partial charge in [-0.15, -0.1) is 6.58 Å². The summed E-state index contributed by atoms with van der Waals surface area (Å²) in [5, 5.41) is 6.54. The van der Waals surface area contributed by atoms with Gasteiger partial charge >= 0.3 is 12.4 Å². The fraction of sp³-hybridized carbons (Fsp3) is 0.289. The zero-order chi connectivity index (χ0) is 35.5. The minimum absolute atomic E-state index is 0.00638. The fourth-order valence-corrected chi connectivity index (χ4v) is 7.46. The number of pyridine rings is 1. The van der Waals surface area contributed by atoms with E-state index in [1.54, 1.807) is 0 Å². The molecule has 2 bridgehead atoms. The van der Waals surface area contributed by atoms with Gasteiger partial charge in [-0.1, -0.05) is 48.0 Å². The molecular weight excluding hydrogens is 658 g/mol. The predicted octanol–water partition coefficient (Wildman–Crippen LogP) is 8.64. The molecule has 4 heterocycles. The third-order valence-corrected chi connectivity index (χ3v) is 10.0. The Bertz CT molecular complexity index is 2140. The van der Waals surface area contributed by atoms with E-state index in [0.29, 0.717) is 29.3 Å². The molecule has 3 fully saturated rings. The normalized spacial score (nSPS) is 21.3. The molecule has 258 valence electrons. The van der Waals surface area contributed by atoms with Crippen LogP contribution in [0.1, 0.15) is 41.1 Å². The number of benzene rings is 3. The molecule has 6 nitrogen and oxygen atoms in total. The van der Waals surface area contributed by atoms with Crippen molar-refractivity contribution in [1.29, 1.82) is 0 Å². The molecule has 0 aliphatic carbocycles. The average Bonchev–Trinajstić information content (AvgIpc) is 3.10. The second-order valence-corrected chi connectivity index (χ2v) is 13.2. The molecule has 3 aliphatic rings. The van der Waals surface area contributed by atoms with E-state index in [1.807, 2.05) is 67.6 Å². The Hall–Kier alpha value is -4.97. The maximum Gasteiger partial charge on any atom is 0.416 e. The van der Waals surface area contributed by atoms with E-state index in [-0.39, 0.29) is 23.7 Å². The molecular formula is C38H32F6N4O2. The minimum Gasteiger partial charge on any atom is -0.372 e. The molecule has 3 aliphatic heterocycles. The van der Waals surface area contributed by atoms with Gasteiger partial charge in [0.25, 0.3) is 10.9 Å². The first kappa shape index (κ1) is 33.5. The number of rotatable bonds is 8. The van der Waals surface area contributed by atoms with Crippen LogP contribution in [0, 0.1) is 18.8 Å². The maximum absolute atomic E-state index is 13.6. The predicted molar refractivity (Wildman–Crippen MR) is 181 cm³/mol. The molecule has 0 amide bonds. The zero-order valence-electron chi connectivity index (χ0n) is 26.8. The van der Waals surface area contributed by atoms with Crippen LogP contribution in [0.3, 0.4) is 0 Å². The van der Waals surface area contributed by atoms with Crippen LogP contribution in [-0.4, -0.2) is 29.0 Å². The van der Waals surface area contributed by atoms with Crippen LogP contribution in [0.2, 0.25) is 0 Å². The van der Waals surface area contributed by atoms with E-state index in [1.165, 1.54) is 0 Å². The number of aromatic nitrogens is 1. The van der Waals surface area contributed by atoms with E-state index < -0.39 is 51.8 Å². The summed E-state index contributed by atoms with van der Waals surface area (Å²) in [5.41, 5.74) is -2.29. The number of hydrogen-bond donors (Lipinski definition) is 2. The molecule has 4 aromatic carbocycles. The zero-order valence-corrected chi connectivity index (χ0v) is 26.8. The van der Waals surface area contributed by atoms with Gasteiger partial charge in [0.1, 0.15) is 11.4 Å². The Morgan fingerprint density at radius 1 is 0.900 bits per heavy atom. The van der Waals surface area contributed by atoms with Gasteiger partial charge in [-0.05, 0) is 80.1 Å². The van der Waals surface area contributed by atoms with Gasteiger partial charge in [-0.3, -0.25) is 14.5 Å². The summed E-state index contributed by atoms with van der Waals surface area (Å²) in [6.07, 6.45) is -6.54. The van der Waals surface area contributed by atoms with E-state index in [0.717, 1.165) is 48.0 Å². The second kappa shape index (κ2) is 12.4. The third kappa shape index (κ3) is 6.17. The first-order valence-electron chi connectivity index (χ1n) is 16.2. The summed E-state index contributed by atoms with van der Waals surface area (Å²) in [7, 11) is 0. The third-order valence-electron chi connectivity index (χ3n) is 10.0. The maximum atomic E-state index is 13.6. The van der Waals surface area contributed by atoms with Gasteiger partial charge in [0.15, 0.2) is 0 Å². The lowest BCUT2D eigenvalue weighted by Gasteiger charge is -2.52. The van der Waals surface area contributed by atoms with Crippen molar-refractivity contribution in [2.75, 3.05) is 23.7 Å². The van der Waals surface area contributed by atoms with Crippen LogP contribution in [0.4, 0.5) is 43.4 Å². The molecule has 4 unspecified atom stereocenters. The van der Waals surface area contributed by atoms with Crippen LogP contribution in [-0.2, 0) is 12.4 Å². The molecule has 2 N–H and O–H groups in total. The summed E-state index contributed by atoms with van der Waals surface area (Å²) in [6.45, 7) is 7.48. The van der Waals surface area contributed by atoms with Gasteiger partial charge in [0.2, 0.25) is 0 Å². The number of alkyl halides is 6. The molecule has 0 radical (unpaired) electrons. The Morgan fingerprint density at radius 2 is 1.58 bits per heavy atom. The van der Waals surface area contributed by atoms with Gasteiger partial charge in [-0.2, -0.15) is 26.3 Å². The standard InChI is InChI=1S/C38H32F6N4O2/c1-3-21-19-48-12-11-23(21)14-31(48)32(28-18-30(22-7-5-4-6-8-22)46-29-10-9-20(2)13-27(28)29)47-34-33(35(49)36(34)50)45-26-16-24(37(39,40)41)15-25(17-26)38(42,43)44/h3-10,13,15-18,21,23,31-32,45,47H,1,11-12,14,19H2,2H3/t21?,23?,31?,32-/m0/s1. The Kier molecular flexibility index (Phi) is 8.32. The topological polar surface area (TPSA) is 74.3 Å². The lowest BCUT2D eigenvalue weighted by molar-refractivity contribution is -0.143. The monoisotopic (exact) mass is 690 g/mol. The molecule has 5 aromatic rings. The van der Waals surface area contributed by atoms with Crippen molar-refractivity contribution < 1.29 is 26.3 Å². The van der Waals surface area contributed by atoms with Gasteiger partial charge in [0, 0.05) is 29.2 Å². The Labute approximate surface area is 283 Å². The van der Waals surface area contributed by atoms with Crippen LogP contribution < -0.4 is 21.5 Å². The molecule has 5 atom stereocenters. The number of nitrogens with one attached hydrogen (secondary N) is 2. The lowest BCUT2D eigenvalue weighted by Crippen LogP contribution is -2.56. The molecule has 0 spiro atoms. The number of halogens is 6. The SMILES string of the molecule is C=CC1CN2CCC1CC2[C@@H](Nc1c(Nc2cc(C(F)(F)F)cc(C(F)(F)F)c2)c(=O)c1=O)c1cc(-c2ccccc2)nc2ccc(C)cc12. The highest BCUT2D eigenvalue weighted by atomic mass is 19.4. The average molecular weight is 691 g/mol. The molecule has 1 aromatic heterocycles. The van der Waals surface area contributed by atoms with Crippen LogP contribution in [0.15, 0.2) is 95.0 Å². The Morgan fingerprint density at radius 3 is 2.20 bits per heavy atom. The number of aryl methyl sites for hydroxylation is 1. The highest BCUT2D eigenvalue weighted by Gasteiger charge is 2.44. The van der Waals surface area contributed by atoms with E-state index >= 15 is 0 Å². The molecule has 3 saturated heterocycles.